The predicted molar refractivity (Wildman–Crippen MR) is 53.7 cm³/mol. The van der Waals surface area contributed by atoms with Gasteiger partial charge in [0.1, 0.15) is 11.2 Å². The summed E-state index contributed by atoms with van der Waals surface area (Å²) < 4.78 is 13.1. The van der Waals surface area contributed by atoms with Gasteiger partial charge in [-0.3, -0.25) is 4.79 Å². The molecule has 1 aromatic carbocycles. The van der Waals surface area contributed by atoms with Crippen LogP contribution in [0.5, 0.6) is 0 Å². The van der Waals surface area contributed by atoms with E-state index in [0.29, 0.717) is 11.1 Å². The first-order valence-electron chi connectivity index (χ1n) is 4.19. The van der Waals surface area contributed by atoms with Gasteiger partial charge in [-0.1, -0.05) is 12.1 Å². The Balaban J connectivity index is 2.87. The van der Waals surface area contributed by atoms with Gasteiger partial charge < -0.3 is 5.73 Å². The van der Waals surface area contributed by atoms with Crippen molar-refractivity contribution in [3.63, 3.8) is 0 Å². The first-order chi connectivity index (χ1) is 6.52. The number of hydrogen-bond acceptors (Lipinski definition) is 1. The maximum Gasteiger partial charge on any atom is 0.235 e. The van der Waals surface area contributed by atoms with Crippen LogP contribution in [0.25, 0.3) is 0 Å². The zero-order valence-electron chi connectivity index (χ0n) is 7.76. The van der Waals surface area contributed by atoms with Crippen LogP contribution in [0.4, 0.5) is 4.39 Å². The lowest BCUT2D eigenvalue weighted by Gasteiger charge is -2.08. The number of halogens is 2. The van der Waals surface area contributed by atoms with Crippen LogP contribution < -0.4 is 5.73 Å². The largest absolute Gasteiger partial charge is 0.368 e. The molecule has 1 rings (SSSR count). The molecule has 4 heteroatoms. The minimum Gasteiger partial charge on any atom is -0.368 e. The molecule has 0 aromatic heterocycles. The first kappa shape index (κ1) is 11.0. The van der Waals surface area contributed by atoms with Crippen LogP contribution in [-0.4, -0.2) is 11.3 Å². The smallest absolute Gasteiger partial charge is 0.235 e. The molecule has 0 aliphatic carbocycles. The second-order valence-corrected chi connectivity index (χ2v) is 3.62. The third kappa shape index (κ3) is 2.45. The number of primary amides is 1. The van der Waals surface area contributed by atoms with Crippen molar-refractivity contribution < 1.29 is 9.18 Å². The first-order valence-corrected chi connectivity index (χ1v) is 4.63. The predicted octanol–water partition coefficient (Wildman–Crippen LogP) is 1.77. The van der Waals surface area contributed by atoms with Crippen molar-refractivity contribution in [3.05, 3.63) is 35.1 Å². The lowest BCUT2D eigenvalue weighted by molar-refractivity contribution is -0.117. The van der Waals surface area contributed by atoms with Crippen molar-refractivity contribution in [2.24, 2.45) is 5.73 Å². The normalized spacial score (nSPS) is 12.5. The van der Waals surface area contributed by atoms with Crippen molar-refractivity contribution in [2.75, 3.05) is 0 Å². The molecule has 0 aliphatic heterocycles. The molecule has 1 aromatic rings. The highest BCUT2D eigenvalue weighted by Gasteiger charge is 2.14. The van der Waals surface area contributed by atoms with Crippen LogP contribution >= 0.6 is 11.6 Å². The fourth-order valence-corrected chi connectivity index (χ4v) is 1.33. The Morgan fingerprint density at radius 2 is 2.29 bits per heavy atom. The highest BCUT2D eigenvalue weighted by atomic mass is 35.5. The van der Waals surface area contributed by atoms with Crippen LogP contribution in [-0.2, 0) is 11.2 Å². The van der Waals surface area contributed by atoms with Gasteiger partial charge in [0.2, 0.25) is 5.91 Å². The molecule has 76 valence electrons. The summed E-state index contributed by atoms with van der Waals surface area (Å²) in [6.07, 6.45) is 0.264. The van der Waals surface area contributed by atoms with Crippen LogP contribution in [0.2, 0.25) is 0 Å². The van der Waals surface area contributed by atoms with Gasteiger partial charge in [-0.25, -0.2) is 4.39 Å². The Labute approximate surface area is 86.9 Å². The van der Waals surface area contributed by atoms with E-state index in [9.17, 15) is 9.18 Å². The van der Waals surface area contributed by atoms with Gasteiger partial charge in [-0.2, -0.15) is 0 Å². The van der Waals surface area contributed by atoms with Crippen molar-refractivity contribution in [2.45, 2.75) is 18.7 Å². The van der Waals surface area contributed by atoms with Crippen LogP contribution in [0.3, 0.4) is 0 Å². The van der Waals surface area contributed by atoms with E-state index < -0.39 is 11.3 Å². The van der Waals surface area contributed by atoms with Crippen LogP contribution in [0.15, 0.2) is 18.2 Å². The zero-order chi connectivity index (χ0) is 10.7. The number of amides is 1. The molecule has 0 bridgehead atoms. The Bertz CT molecular complexity index is 354. The van der Waals surface area contributed by atoms with E-state index in [2.05, 4.69) is 0 Å². The summed E-state index contributed by atoms with van der Waals surface area (Å²) in [4.78, 5) is 10.7. The topological polar surface area (TPSA) is 43.1 Å². The Hall–Kier alpha value is -1.09. The number of nitrogens with two attached hydrogens (primary N) is 1. The standard InChI is InChI=1S/C10H11ClFNO/c1-6-7(3-2-4-9(6)12)5-8(11)10(13)14/h2-4,8H,5H2,1H3,(H2,13,14). The van der Waals surface area contributed by atoms with Crippen LogP contribution in [0, 0.1) is 12.7 Å². The average Bonchev–Trinajstić information content (AvgIpc) is 2.12. The third-order valence-corrected chi connectivity index (χ3v) is 2.46. The average molecular weight is 216 g/mol. The van der Waals surface area contributed by atoms with Crippen LogP contribution in [0.1, 0.15) is 11.1 Å². The number of carbonyl (C=O) groups excluding carboxylic acids is 1. The van der Waals surface area contributed by atoms with Gasteiger partial charge in [0.15, 0.2) is 0 Å². The van der Waals surface area contributed by atoms with Gasteiger partial charge in [-0.15, -0.1) is 11.6 Å². The molecule has 0 spiro atoms. The lowest BCUT2D eigenvalue weighted by Crippen LogP contribution is -2.25. The van der Waals surface area contributed by atoms with Gasteiger partial charge >= 0.3 is 0 Å². The molecule has 14 heavy (non-hydrogen) atoms. The summed E-state index contributed by atoms with van der Waals surface area (Å²) in [7, 11) is 0. The van der Waals surface area contributed by atoms with E-state index in [1.165, 1.54) is 6.07 Å². The van der Waals surface area contributed by atoms with E-state index in [-0.39, 0.29) is 12.2 Å². The molecule has 0 radical (unpaired) electrons. The molecule has 1 unspecified atom stereocenters. The van der Waals surface area contributed by atoms with Gasteiger partial charge in [0.05, 0.1) is 0 Å². The number of benzene rings is 1. The molecule has 0 aliphatic rings. The lowest BCUT2D eigenvalue weighted by atomic mass is 10.0. The molecule has 0 saturated heterocycles. The van der Waals surface area contributed by atoms with E-state index in [1.807, 2.05) is 0 Å². The number of alkyl halides is 1. The van der Waals surface area contributed by atoms with E-state index in [4.69, 9.17) is 17.3 Å². The molecular formula is C10H11ClFNO. The summed E-state index contributed by atoms with van der Waals surface area (Å²) in [5.74, 6) is -0.883. The quantitative estimate of drug-likeness (QED) is 0.768. The Kier molecular flexibility index (Phi) is 3.47. The maximum atomic E-state index is 13.1. The molecule has 1 atom stereocenters. The van der Waals surface area contributed by atoms with Gasteiger partial charge in [0.25, 0.3) is 0 Å². The summed E-state index contributed by atoms with van der Waals surface area (Å²) in [6, 6.07) is 4.69. The van der Waals surface area contributed by atoms with Crippen molar-refractivity contribution in [3.8, 4) is 0 Å². The van der Waals surface area contributed by atoms with Gasteiger partial charge in [0, 0.05) is 0 Å². The molecular weight excluding hydrogens is 205 g/mol. The number of carbonyl (C=O) groups is 1. The summed E-state index contributed by atoms with van der Waals surface area (Å²) in [5, 5.41) is -0.782. The molecule has 0 fully saturated rings. The minimum atomic E-state index is -0.782. The number of rotatable bonds is 3. The summed E-state index contributed by atoms with van der Waals surface area (Å²) in [5.41, 5.74) is 6.23. The summed E-state index contributed by atoms with van der Waals surface area (Å²) in [6.45, 7) is 1.65. The third-order valence-electron chi connectivity index (χ3n) is 2.09. The van der Waals surface area contributed by atoms with E-state index >= 15 is 0 Å². The fraction of sp³-hybridized carbons (Fsp3) is 0.300. The van der Waals surface area contributed by atoms with E-state index in [0.717, 1.165) is 0 Å². The molecule has 1 amide bonds. The SMILES string of the molecule is Cc1c(F)cccc1CC(Cl)C(N)=O. The molecule has 0 heterocycles. The summed E-state index contributed by atoms with van der Waals surface area (Å²) >= 11 is 5.68. The van der Waals surface area contributed by atoms with Crippen molar-refractivity contribution >= 4 is 17.5 Å². The fourth-order valence-electron chi connectivity index (χ4n) is 1.17. The zero-order valence-corrected chi connectivity index (χ0v) is 8.51. The Morgan fingerprint density at radius 1 is 1.64 bits per heavy atom. The molecule has 2 nitrogen and oxygen atoms in total. The second-order valence-electron chi connectivity index (χ2n) is 3.10. The molecule has 0 saturated carbocycles. The monoisotopic (exact) mass is 215 g/mol. The highest BCUT2D eigenvalue weighted by molar-refractivity contribution is 6.30. The number of hydrogen-bond donors (Lipinski definition) is 1. The second kappa shape index (κ2) is 4.42. The van der Waals surface area contributed by atoms with Crippen molar-refractivity contribution in [1.82, 2.24) is 0 Å². The highest BCUT2D eigenvalue weighted by Crippen LogP contribution is 2.15. The van der Waals surface area contributed by atoms with Crippen molar-refractivity contribution in [1.29, 1.82) is 0 Å². The molecule has 2 N–H and O–H groups in total. The minimum absolute atomic E-state index is 0.264. The maximum absolute atomic E-state index is 13.1. The van der Waals surface area contributed by atoms with Gasteiger partial charge in [-0.05, 0) is 30.5 Å². The Morgan fingerprint density at radius 3 is 2.86 bits per heavy atom. The van der Waals surface area contributed by atoms with E-state index in [1.54, 1.807) is 19.1 Å².